The normalized spacial score (nSPS) is 12.5. The molecule has 0 radical (unpaired) electrons. The quantitative estimate of drug-likeness (QED) is 0.705. The average Bonchev–Trinajstić information content (AvgIpc) is 2.86. The van der Waals surface area contributed by atoms with Gasteiger partial charge in [-0.2, -0.15) is 0 Å². The van der Waals surface area contributed by atoms with Gasteiger partial charge in [0.15, 0.2) is 4.96 Å². The molecule has 2 heterocycles. The van der Waals surface area contributed by atoms with Crippen LogP contribution in [0.15, 0.2) is 11.6 Å². The number of hydrogen-bond donors (Lipinski definition) is 3. The number of carboxylic acids is 1. The van der Waals surface area contributed by atoms with Crippen LogP contribution in [0.1, 0.15) is 11.4 Å². The molecule has 0 fully saturated rings. The summed E-state index contributed by atoms with van der Waals surface area (Å²) < 4.78 is 1.80. The largest absolute Gasteiger partial charge is 0.480 e. The van der Waals surface area contributed by atoms with Crippen LogP contribution in [0, 0.1) is 6.92 Å². The summed E-state index contributed by atoms with van der Waals surface area (Å²) in [6, 6.07) is -1.27. The van der Waals surface area contributed by atoms with Crippen LogP contribution in [0.2, 0.25) is 0 Å². The molecule has 7 nitrogen and oxygen atoms in total. The fourth-order valence-corrected chi connectivity index (χ4v) is 2.58. The van der Waals surface area contributed by atoms with E-state index in [0.717, 1.165) is 16.3 Å². The van der Waals surface area contributed by atoms with Gasteiger partial charge in [-0.25, -0.2) is 9.78 Å². The number of aliphatic hydroxyl groups excluding tert-OH is 1. The molecule has 0 spiro atoms. The maximum Gasteiger partial charge on any atom is 0.328 e. The first-order chi connectivity index (χ1) is 9.01. The Morgan fingerprint density at radius 3 is 2.95 bits per heavy atom. The summed E-state index contributed by atoms with van der Waals surface area (Å²) in [6.45, 7) is 1.22. The first kappa shape index (κ1) is 13.5. The van der Waals surface area contributed by atoms with E-state index in [1.165, 1.54) is 11.3 Å². The molecule has 2 aromatic rings. The van der Waals surface area contributed by atoms with E-state index in [1.54, 1.807) is 9.78 Å². The van der Waals surface area contributed by atoms with Crippen molar-refractivity contribution in [1.82, 2.24) is 14.7 Å². The topological polar surface area (TPSA) is 104 Å². The van der Waals surface area contributed by atoms with E-state index in [9.17, 15) is 9.59 Å². The van der Waals surface area contributed by atoms with Crippen molar-refractivity contribution in [2.45, 2.75) is 19.4 Å². The van der Waals surface area contributed by atoms with Crippen LogP contribution in [0.25, 0.3) is 4.96 Å². The number of fused-ring (bicyclic) bond motifs is 1. The van der Waals surface area contributed by atoms with Crippen molar-refractivity contribution in [3.8, 4) is 0 Å². The van der Waals surface area contributed by atoms with E-state index in [4.69, 9.17) is 10.2 Å². The number of aryl methyl sites for hydroxylation is 1. The molecule has 0 saturated heterocycles. The second-order valence-corrected chi connectivity index (χ2v) is 4.92. The van der Waals surface area contributed by atoms with Gasteiger partial charge in [-0.05, 0) is 6.92 Å². The number of amides is 1. The predicted octanol–water partition coefficient (Wildman–Crippen LogP) is -0.192. The number of aliphatic hydroxyl groups is 1. The molecule has 102 valence electrons. The molecule has 2 rings (SSSR count). The number of hydrogen-bond acceptors (Lipinski definition) is 5. The predicted molar refractivity (Wildman–Crippen MR) is 68.2 cm³/mol. The van der Waals surface area contributed by atoms with Crippen molar-refractivity contribution in [2.75, 3.05) is 6.61 Å². The Balaban J connectivity index is 2.08. The number of aromatic nitrogens is 2. The highest BCUT2D eigenvalue weighted by atomic mass is 32.1. The van der Waals surface area contributed by atoms with Gasteiger partial charge in [-0.1, -0.05) is 0 Å². The summed E-state index contributed by atoms with van der Waals surface area (Å²) in [6.07, 6.45) is 1.86. The summed E-state index contributed by atoms with van der Waals surface area (Å²) in [7, 11) is 0. The van der Waals surface area contributed by atoms with Gasteiger partial charge in [0.25, 0.3) is 0 Å². The maximum absolute atomic E-state index is 11.7. The van der Waals surface area contributed by atoms with Crippen LogP contribution in [0.5, 0.6) is 0 Å². The molecule has 2 aromatic heterocycles. The minimum Gasteiger partial charge on any atom is -0.480 e. The third-order valence-electron chi connectivity index (χ3n) is 2.56. The number of aliphatic carboxylic acids is 1. The molecule has 1 unspecified atom stereocenters. The highest BCUT2D eigenvalue weighted by molar-refractivity contribution is 7.15. The Labute approximate surface area is 112 Å². The highest BCUT2D eigenvalue weighted by Crippen LogP contribution is 2.16. The van der Waals surface area contributed by atoms with Crippen molar-refractivity contribution in [2.24, 2.45) is 0 Å². The standard InChI is InChI=1S/C11H13N3O4S/c1-6-3-14-7(5-19-11(14)12-6)2-9(16)13-8(4-15)10(17)18/h3,5,8,15H,2,4H2,1H3,(H,13,16)(H,17,18). The lowest BCUT2D eigenvalue weighted by molar-refractivity contribution is -0.142. The lowest BCUT2D eigenvalue weighted by atomic mass is 10.2. The van der Waals surface area contributed by atoms with Gasteiger partial charge in [-0.3, -0.25) is 9.20 Å². The average molecular weight is 283 g/mol. The summed E-state index contributed by atoms with van der Waals surface area (Å²) in [5.74, 6) is -1.71. The fraction of sp³-hybridized carbons (Fsp3) is 0.364. The smallest absolute Gasteiger partial charge is 0.328 e. The third kappa shape index (κ3) is 2.91. The number of carboxylic acid groups (broad SMARTS) is 1. The molecule has 8 heteroatoms. The van der Waals surface area contributed by atoms with Gasteiger partial charge in [-0.15, -0.1) is 11.3 Å². The SMILES string of the molecule is Cc1cn2c(CC(=O)NC(CO)C(=O)O)csc2n1. The van der Waals surface area contributed by atoms with Gasteiger partial charge in [0.2, 0.25) is 5.91 Å². The van der Waals surface area contributed by atoms with Crippen LogP contribution in [-0.4, -0.2) is 44.1 Å². The third-order valence-corrected chi connectivity index (χ3v) is 3.45. The first-order valence-corrected chi connectivity index (χ1v) is 6.44. The zero-order valence-corrected chi connectivity index (χ0v) is 11.0. The van der Waals surface area contributed by atoms with Crippen LogP contribution < -0.4 is 5.32 Å². The lowest BCUT2D eigenvalue weighted by Gasteiger charge is -2.11. The zero-order chi connectivity index (χ0) is 14.0. The molecule has 1 atom stereocenters. The Morgan fingerprint density at radius 1 is 1.58 bits per heavy atom. The van der Waals surface area contributed by atoms with Crippen molar-refractivity contribution >= 4 is 28.2 Å². The number of nitrogens with zero attached hydrogens (tertiary/aromatic N) is 2. The second kappa shape index (κ2) is 5.37. The lowest BCUT2D eigenvalue weighted by Crippen LogP contribution is -2.44. The molecule has 0 saturated carbocycles. The van der Waals surface area contributed by atoms with E-state index in [1.807, 2.05) is 13.1 Å². The van der Waals surface area contributed by atoms with E-state index >= 15 is 0 Å². The van der Waals surface area contributed by atoms with Crippen LogP contribution in [-0.2, 0) is 16.0 Å². The molecule has 0 aliphatic rings. The molecule has 0 bridgehead atoms. The van der Waals surface area contributed by atoms with Gasteiger partial charge in [0, 0.05) is 17.3 Å². The zero-order valence-electron chi connectivity index (χ0n) is 10.2. The van der Waals surface area contributed by atoms with E-state index < -0.39 is 24.5 Å². The number of carbonyl (C=O) groups is 2. The molecule has 19 heavy (non-hydrogen) atoms. The molecular formula is C11H13N3O4S. The molecule has 3 N–H and O–H groups in total. The number of nitrogens with one attached hydrogen (secondary N) is 1. The van der Waals surface area contributed by atoms with Crippen molar-refractivity contribution in [3.05, 3.63) is 23.0 Å². The fourth-order valence-electron chi connectivity index (χ4n) is 1.66. The summed E-state index contributed by atoms with van der Waals surface area (Å²) in [4.78, 5) is 27.5. The highest BCUT2D eigenvalue weighted by Gasteiger charge is 2.19. The Kier molecular flexibility index (Phi) is 3.82. The van der Waals surface area contributed by atoms with Crippen LogP contribution in [0.4, 0.5) is 0 Å². The Bertz CT molecular complexity index is 619. The van der Waals surface area contributed by atoms with Crippen LogP contribution >= 0.6 is 11.3 Å². The van der Waals surface area contributed by atoms with Crippen molar-refractivity contribution in [1.29, 1.82) is 0 Å². The van der Waals surface area contributed by atoms with Crippen molar-refractivity contribution < 1.29 is 19.8 Å². The maximum atomic E-state index is 11.7. The van der Waals surface area contributed by atoms with Crippen LogP contribution in [0.3, 0.4) is 0 Å². The molecular weight excluding hydrogens is 270 g/mol. The van der Waals surface area contributed by atoms with E-state index in [2.05, 4.69) is 10.3 Å². The summed E-state index contributed by atoms with van der Waals surface area (Å²) in [5.41, 5.74) is 1.59. The first-order valence-electron chi connectivity index (χ1n) is 5.56. The van der Waals surface area contributed by atoms with Gasteiger partial charge >= 0.3 is 5.97 Å². The molecule has 0 aliphatic carbocycles. The molecule has 0 aromatic carbocycles. The Morgan fingerprint density at radius 2 is 2.32 bits per heavy atom. The Hall–Kier alpha value is -1.93. The van der Waals surface area contributed by atoms with Gasteiger partial charge in [0.1, 0.15) is 6.04 Å². The minimum atomic E-state index is -1.27. The minimum absolute atomic E-state index is 0.0412. The second-order valence-electron chi connectivity index (χ2n) is 4.08. The number of imidazole rings is 1. The van der Waals surface area contributed by atoms with Gasteiger partial charge < -0.3 is 15.5 Å². The number of rotatable bonds is 5. The number of thiazole rings is 1. The summed E-state index contributed by atoms with van der Waals surface area (Å²) >= 11 is 1.41. The summed E-state index contributed by atoms with van der Waals surface area (Å²) in [5, 5.41) is 21.6. The van der Waals surface area contributed by atoms with Gasteiger partial charge in [0.05, 0.1) is 18.7 Å². The number of carbonyl (C=O) groups excluding carboxylic acids is 1. The molecule has 1 amide bonds. The monoisotopic (exact) mass is 283 g/mol. The molecule has 0 aliphatic heterocycles. The van der Waals surface area contributed by atoms with Crippen molar-refractivity contribution in [3.63, 3.8) is 0 Å². The van der Waals surface area contributed by atoms with E-state index in [-0.39, 0.29) is 6.42 Å². The van der Waals surface area contributed by atoms with E-state index in [0.29, 0.717) is 0 Å².